The van der Waals surface area contributed by atoms with E-state index < -0.39 is 6.10 Å². The molecule has 0 saturated carbocycles. The molecular weight excluding hydrogens is 360 g/mol. The van der Waals surface area contributed by atoms with Crippen LogP contribution in [0.5, 0.6) is 5.75 Å². The minimum Gasteiger partial charge on any atom is -0.491 e. The number of hydrogen-bond donors (Lipinski definition) is 1. The van der Waals surface area contributed by atoms with Crippen LogP contribution in [-0.2, 0) is 12.0 Å². The number of nitrogens with zero attached hydrogens (tertiary/aromatic N) is 2. The Hall–Kier alpha value is -2.18. The summed E-state index contributed by atoms with van der Waals surface area (Å²) in [6, 6.07) is 7.88. The highest BCUT2D eigenvalue weighted by Gasteiger charge is 2.15. The van der Waals surface area contributed by atoms with E-state index in [1.165, 1.54) is 27.8 Å². The van der Waals surface area contributed by atoms with Crippen molar-refractivity contribution in [2.24, 2.45) is 0 Å². The van der Waals surface area contributed by atoms with Crippen molar-refractivity contribution in [2.45, 2.75) is 52.7 Å². The molecule has 0 bridgehead atoms. The van der Waals surface area contributed by atoms with Crippen LogP contribution < -0.4 is 10.3 Å². The molecule has 0 radical (unpaired) electrons. The van der Waals surface area contributed by atoms with Gasteiger partial charge in [0.05, 0.1) is 18.3 Å². The molecule has 1 unspecified atom stereocenters. The van der Waals surface area contributed by atoms with Gasteiger partial charge in [-0.15, -0.1) is 11.3 Å². The summed E-state index contributed by atoms with van der Waals surface area (Å²) in [4.78, 5) is 18.9. The number of hydrogen-bond acceptors (Lipinski definition) is 5. The number of thiophene rings is 1. The van der Waals surface area contributed by atoms with Crippen LogP contribution in [0.4, 0.5) is 0 Å². The molecule has 0 aliphatic heterocycles. The van der Waals surface area contributed by atoms with Gasteiger partial charge < -0.3 is 9.84 Å². The highest BCUT2D eigenvalue weighted by Crippen LogP contribution is 2.26. The number of ether oxygens (including phenoxy) is 1. The first kappa shape index (κ1) is 19.6. The molecule has 6 heteroatoms. The van der Waals surface area contributed by atoms with Crippen LogP contribution in [0.1, 0.15) is 36.8 Å². The van der Waals surface area contributed by atoms with E-state index in [4.69, 9.17) is 4.74 Å². The lowest BCUT2D eigenvalue weighted by Gasteiger charge is -2.19. The summed E-state index contributed by atoms with van der Waals surface area (Å²) < 4.78 is 7.14. The fourth-order valence-corrected chi connectivity index (χ4v) is 3.91. The second-order valence-corrected chi connectivity index (χ2v) is 9.11. The lowest BCUT2D eigenvalue weighted by molar-refractivity contribution is 0.0914. The topological polar surface area (TPSA) is 64.3 Å². The molecule has 0 saturated heterocycles. The van der Waals surface area contributed by atoms with E-state index >= 15 is 0 Å². The van der Waals surface area contributed by atoms with E-state index in [0.717, 1.165) is 15.3 Å². The van der Waals surface area contributed by atoms with Crippen molar-refractivity contribution in [2.75, 3.05) is 6.61 Å². The lowest BCUT2D eigenvalue weighted by atomic mass is 9.87. The number of aromatic nitrogens is 2. The maximum atomic E-state index is 12.7. The number of aliphatic hydroxyl groups excluding tert-OH is 1. The second kappa shape index (κ2) is 7.44. The number of benzene rings is 1. The zero-order chi connectivity index (χ0) is 19.8. The van der Waals surface area contributed by atoms with Crippen LogP contribution in [0.15, 0.2) is 35.4 Å². The molecule has 0 spiro atoms. The summed E-state index contributed by atoms with van der Waals surface area (Å²) in [6.07, 6.45) is 0.700. The Labute approximate surface area is 163 Å². The van der Waals surface area contributed by atoms with Gasteiger partial charge in [0, 0.05) is 4.88 Å². The Kier molecular flexibility index (Phi) is 5.40. The minimum atomic E-state index is -0.802. The molecule has 5 nitrogen and oxygen atoms in total. The van der Waals surface area contributed by atoms with Gasteiger partial charge in [-0.3, -0.25) is 9.36 Å². The molecule has 1 aromatic carbocycles. The van der Waals surface area contributed by atoms with Gasteiger partial charge in [-0.05, 0) is 42.5 Å². The van der Waals surface area contributed by atoms with E-state index in [1.807, 2.05) is 38.1 Å². The Morgan fingerprint density at radius 3 is 2.52 bits per heavy atom. The summed E-state index contributed by atoms with van der Waals surface area (Å²) in [5.74, 6) is 0.701. The zero-order valence-corrected chi connectivity index (χ0v) is 17.3. The molecule has 3 rings (SSSR count). The van der Waals surface area contributed by atoms with Gasteiger partial charge in [0.2, 0.25) is 0 Å². The summed E-state index contributed by atoms with van der Waals surface area (Å²) in [5, 5.41) is 11.0. The number of aliphatic hydroxyl groups is 1. The summed E-state index contributed by atoms with van der Waals surface area (Å²) in [5.41, 5.74) is 2.16. The summed E-state index contributed by atoms with van der Waals surface area (Å²) in [6.45, 7) is 10.7. The summed E-state index contributed by atoms with van der Waals surface area (Å²) >= 11 is 1.52. The molecule has 2 heterocycles. The van der Waals surface area contributed by atoms with Gasteiger partial charge in [0.25, 0.3) is 5.56 Å². The van der Waals surface area contributed by atoms with Crippen molar-refractivity contribution in [3.8, 4) is 5.75 Å². The first-order chi connectivity index (χ1) is 12.7. The van der Waals surface area contributed by atoms with Crippen molar-refractivity contribution in [3.05, 3.63) is 57.0 Å². The van der Waals surface area contributed by atoms with Gasteiger partial charge in [-0.1, -0.05) is 32.9 Å². The second-order valence-electron chi connectivity index (χ2n) is 7.90. The third kappa shape index (κ3) is 4.22. The zero-order valence-electron chi connectivity index (χ0n) is 16.4. The molecule has 3 aromatic rings. The van der Waals surface area contributed by atoms with Gasteiger partial charge in [-0.25, -0.2) is 4.98 Å². The quantitative estimate of drug-likeness (QED) is 0.724. The molecule has 1 N–H and O–H groups in total. The van der Waals surface area contributed by atoms with Gasteiger partial charge in [-0.2, -0.15) is 0 Å². The third-order valence-corrected chi connectivity index (χ3v) is 5.84. The molecule has 0 aliphatic rings. The molecule has 0 amide bonds. The maximum Gasteiger partial charge on any atom is 0.262 e. The van der Waals surface area contributed by atoms with Crippen LogP contribution in [0.25, 0.3) is 10.2 Å². The average Bonchev–Trinajstić information content (AvgIpc) is 2.90. The van der Waals surface area contributed by atoms with Crippen molar-refractivity contribution < 1.29 is 9.84 Å². The largest absolute Gasteiger partial charge is 0.491 e. The smallest absolute Gasteiger partial charge is 0.262 e. The summed E-state index contributed by atoms with van der Waals surface area (Å²) in [7, 11) is 0. The first-order valence-electron chi connectivity index (χ1n) is 9.03. The fraction of sp³-hybridized carbons (Fsp3) is 0.429. The van der Waals surface area contributed by atoms with E-state index in [1.54, 1.807) is 0 Å². The van der Waals surface area contributed by atoms with E-state index in [2.05, 4.69) is 25.8 Å². The molecule has 0 fully saturated rings. The van der Waals surface area contributed by atoms with Crippen molar-refractivity contribution in [1.29, 1.82) is 0 Å². The average molecular weight is 387 g/mol. The van der Waals surface area contributed by atoms with Crippen LogP contribution in [0.3, 0.4) is 0 Å². The van der Waals surface area contributed by atoms with Crippen LogP contribution in [0, 0.1) is 13.8 Å². The highest BCUT2D eigenvalue weighted by molar-refractivity contribution is 7.18. The lowest BCUT2D eigenvalue weighted by Crippen LogP contribution is -2.30. The van der Waals surface area contributed by atoms with Gasteiger partial charge >= 0.3 is 0 Å². The molecule has 144 valence electrons. The Morgan fingerprint density at radius 2 is 1.89 bits per heavy atom. The van der Waals surface area contributed by atoms with E-state index in [0.29, 0.717) is 11.1 Å². The van der Waals surface area contributed by atoms with Crippen LogP contribution >= 0.6 is 11.3 Å². The Morgan fingerprint density at radius 1 is 1.22 bits per heavy atom. The molecule has 0 aliphatic carbocycles. The minimum absolute atomic E-state index is 0.0863. The molecule has 1 atom stereocenters. The highest BCUT2D eigenvalue weighted by atomic mass is 32.1. The monoisotopic (exact) mass is 386 g/mol. The molecule has 27 heavy (non-hydrogen) atoms. The third-order valence-electron chi connectivity index (χ3n) is 4.73. The van der Waals surface area contributed by atoms with E-state index in [-0.39, 0.29) is 24.1 Å². The van der Waals surface area contributed by atoms with Crippen molar-refractivity contribution in [3.63, 3.8) is 0 Å². The standard InChI is InChI=1S/C21H26N2O3S/c1-13-14(2)27-19-18(13)20(25)23(12-22-19)10-16(24)11-26-17-8-6-15(7-9-17)21(3,4)5/h6-9,12,16,24H,10-11H2,1-5H3. The fourth-order valence-electron chi connectivity index (χ4n) is 2.92. The Bertz CT molecular complexity index is 997. The molecule has 2 aromatic heterocycles. The predicted octanol–water partition coefficient (Wildman–Crippen LogP) is 3.81. The van der Waals surface area contributed by atoms with Crippen LogP contribution in [-0.4, -0.2) is 27.4 Å². The number of rotatable bonds is 5. The SMILES string of the molecule is Cc1sc2ncn(CC(O)COc3ccc(C(C)(C)C)cc3)c(=O)c2c1C. The van der Waals surface area contributed by atoms with Gasteiger partial charge in [0.1, 0.15) is 23.3 Å². The number of fused-ring (bicyclic) bond motifs is 1. The molecular formula is C21H26N2O3S. The maximum absolute atomic E-state index is 12.7. The van der Waals surface area contributed by atoms with Crippen molar-refractivity contribution >= 4 is 21.6 Å². The number of aryl methyl sites for hydroxylation is 2. The first-order valence-corrected chi connectivity index (χ1v) is 9.85. The predicted molar refractivity (Wildman–Crippen MR) is 110 cm³/mol. The normalized spacial score (nSPS) is 13.1. The Balaban J connectivity index is 1.67. The van der Waals surface area contributed by atoms with Crippen LogP contribution in [0.2, 0.25) is 0 Å². The van der Waals surface area contributed by atoms with Crippen molar-refractivity contribution in [1.82, 2.24) is 9.55 Å². The van der Waals surface area contributed by atoms with Gasteiger partial charge in [0.15, 0.2) is 0 Å². The van der Waals surface area contributed by atoms with E-state index in [9.17, 15) is 9.90 Å².